The summed E-state index contributed by atoms with van der Waals surface area (Å²) in [5.41, 5.74) is 3.06. The highest BCUT2D eigenvalue weighted by molar-refractivity contribution is 7.99. The lowest BCUT2D eigenvalue weighted by Gasteiger charge is -2.31. The third kappa shape index (κ3) is 7.14. The first-order valence-electron chi connectivity index (χ1n) is 10.5. The van der Waals surface area contributed by atoms with Gasteiger partial charge in [-0.2, -0.15) is 0 Å². The second-order valence-corrected chi connectivity index (χ2v) is 8.87. The molecule has 0 aromatic heterocycles. The Balaban J connectivity index is 1.81. The van der Waals surface area contributed by atoms with E-state index in [0.717, 1.165) is 16.9 Å². The van der Waals surface area contributed by atoms with E-state index in [1.807, 2.05) is 78.9 Å². The minimum absolute atomic E-state index is 0.0737. The van der Waals surface area contributed by atoms with Crippen molar-refractivity contribution in [3.05, 3.63) is 107 Å². The zero-order valence-electron chi connectivity index (χ0n) is 18.0. The normalized spacial score (nSPS) is 11.6. The van der Waals surface area contributed by atoms with E-state index >= 15 is 0 Å². The number of hydrogen-bond acceptors (Lipinski definition) is 3. The van der Waals surface area contributed by atoms with Crippen LogP contribution in [0.25, 0.3) is 0 Å². The molecule has 0 saturated carbocycles. The smallest absolute Gasteiger partial charge is 0.242 e. The maximum Gasteiger partial charge on any atom is 0.242 e. The van der Waals surface area contributed by atoms with E-state index in [-0.39, 0.29) is 17.6 Å². The first-order chi connectivity index (χ1) is 15.6. The van der Waals surface area contributed by atoms with Gasteiger partial charge in [-0.05, 0) is 28.8 Å². The van der Waals surface area contributed by atoms with Crippen LogP contribution in [0.4, 0.5) is 0 Å². The summed E-state index contributed by atoms with van der Waals surface area (Å²) in [6.07, 6.45) is 0.441. The maximum absolute atomic E-state index is 13.4. The van der Waals surface area contributed by atoms with E-state index < -0.39 is 6.04 Å². The summed E-state index contributed by atoms with van der Waals surface area (Å²) in [5.74, 6) is 0.770. The molecule has 0 spiro atoms. The van der Waals surface area contributed by atoms with Gasteiger partial charge in [-0.1, -0.05) is 84.4 Å². The summed E-state index contributed by atoms with van der Waals surface area (Å²) in [6.45, 7) is 0.316. The van der Waals surface area contributed by atoms with Crippen LogP contribution in [0.15, 0.2) is 84.9 Å². The van der Waals surface area contributed by atoms with Crippen LogP contribution in [0.1, 0.15) is 16.7 Å². The second kappa shape index (κ2) is 12.3. The number of carbonyl (C=O) groups excluding carboxylic acids is 2. The SMILES string of the molecule is CNC(=O)C(Cc1ccccc1)N(Cc1cccc(Cl)c1)C(=O)CSCc1ccccc1. The summed E-state index contributed by atoms with van der Waals surface area (Å²) >= 11 is 7.72. The molecule has 32 heavy (non-hydrogen) atoms. The zero-order valence-corrected chi connectivity index (χ0v) is 19.6. The minimum atomic E-state index is -0.619. The van der Waals surface area contributed by atoms with Crippen LogP contribution in [0.2, 0.25) is 5.02 Å². The molecule has 0 aliphatic heterocycles. The van der Waals surface area contributed by atoms with E-state index in [4.69, 9.17) is 11.6 Å². The first kappa shape index (κ1) is 23.9. The Morgan fingerprint density at radius 3 is 2.16 bits per heavy atom. The molecule has 0 bridgehead atoms. The van der Waals surface area contributed by atoms with Crippen LogP contribution in [0.5, 0.6) is 0 Å². The lowest BCUT2D eigenvalue weighted by molar-refractivity contribution is -0.139. The molecular weight excluding hydrogens is 440 g/mol. The highest BCUT2D eigenvalue weighted by atomic mass is 35.5. The van der Waals surface area contributed by atoms with Crippen LogP contribution in [-0.4, -0.2) is 35.6 Å². The average Bonchev–Trinajstić information content (AvgIpc) is 2.82. The molecule has 3 rings (SSSR count). The molecule has 0 aliphatic carbocycles. The molecule has 1 N–H and O–H groups in total. The van der Waals surface area contributed by atoms with Gasteiger partial charge in [-0.15, -0.1) is 11.8 Å². The topological polar surface area (TPSA) is 49.4 Å². The third-order valence-corrected chi connectivity index (χ3v) is 6.32. The van der Waals surface area contributed by atoms with Crippen LogP contribution < -0.4 is 5.32 Å². The monoisotopic (exact) mass is 466 g/mol. The summed E-state index contributed by atoms with van der Waals surface area (Å²) < 4.78 is 0. The first-order valence-corrected chi connectivity index (χ1v) is 12.0. The lowest BCUT2D eigenvalue weighted by Crippen LogP contribution is -2.50. The number of rotatable bonds is 10. The Bertz CT molecular complexity index is 1010. The molecule has 166 valence electrons. The number of nitrogens with zero attached hydrogens (tertiary/aromatic N) is 1. The summed E-state index contributed by atoms with van der Waals surface area (Å²) in [5, 5.41) is 3.34. The molecule has 2 amide bonds. The number of benzene rings is 3. The van der Waals surface area contributed by atoms with Crippen molar-refractivity contribution in [2.45, 2.75) is 24.8 Å². The maximum atomic E-state index is 13.4. The Morgan fingerprint density at radius 1 is 0.906 bits per heavy atom. The molecule has 1 unspecified atom stereocenters. The van der Waals surface area contributed by atoms with Crippen molar-refractivity contribution in [3.8, 4) is 0 Å². The van der Waals surface area contributed by atoms with Gasteiger partial charge in [0, 0.05) is 30.8 Å². The molecule has 0 saturated heterocycles. The lowest BCUT2D eigenvalue weighted by atomic mass is 10.0. The molecule has 3 aromatic rings. The summed E-state index contributed by atoms with van der Waals surface area (Å²) in [6, 6.07) is 26.6. The van der Waals surface area contributed by atoms with Gasteiger partial charge in [-0.3, -0.25) is 9.59 Å². The van der Waals surface area contributed by atoms with Gasteiger partial charge >= 0.3 is 0 Å². The molecule has 0 fully saturated rings. The molecule has 0 radical (unpaired) electrons. The predicted octanol–water partition coefficient (Wildman–Crippen LogP) is 4.96. The fraction of sp³-hybridized carbons (Fsp3) is 0.231. The average molecular weight is 467 g/mol. The van der Waals surface area contributed by atoms with Crippen molar-refractivity contribution in [2.24, 2.45) is 0 Å². The minimum Gasteiger partial charge on any atom is -0.357 e. The number of likely N-dealkylation sites (N-methyl/N-ethyl adjacent to an activating group) is 1. The molecule has 3 aromatic carbocycles. The van der Waals surface area contributed by atoms with Crippen molar-refractivity contribution in [2.75, 3.05) is 12.8 Å². The molecule has 6 heteroatoms. The van der Waals surface area contributed by atoms with Gasteiger partial charge in [0.15, 0.2) is 0 Å². The number of carbonyl (C=O) groups is 2. The Hall–Kier alpha value is -2.76. The fourth-order valence-corrected chi connectivity index (χ4v) is 4.55. The van der Waals surface area contributed by atoms with Crippen LogP contribution >= 0.6 is 23.4 Å². The van der Waals surface area contributed by atoms with Crippen molar-refractivity contribution in [1.82, 2.24) is 10.2 Å². The molecule has 0 aliphatic rings. The third-order valence-electron chi connectivity index (χ3n) is 5.10. The van der Waals surface area contributed by atoms with Crippen molar-refractivity contribution in [1.29, 1.82) is 0 Å². The van der Waals surface area contributed by atoms with Gasteiger partial charge in [0.1, 0.15) is 6.04 Å². The quantitative estimate of drug-likeness (QED) is 0.459. The number of thioether (sulfide) groups is 1. The van der Waals surface area contributed by atoms with Crippen LogP contribution in [0, 0.1) is 0 Å². The van der Waals surface area contributed by atoms with Gasteiger partial charge in [0.05, 0.1) is 5.75 Å². The van der Waals surface area contributed by atoms with Crippen molar-refractivity contribution < 1.29 is 9.59 Å². The molecular formula is C26H27ClN2O2S. The standard InChI is InChI=1S/C26H27ClN2O2S/c1-28-26(31)24(16-20-9-4-2-5-10-20)29(17-22-13-8-14-23(27)15-22)25(30)19-32-18-21-11-6-3-7-12-21/h2-15,24H,16-19H2,1H3,(H,28,31). The van der Waals surface area contributed by atoms with Crippen molar-refractivity contribution >= 4 is 35.2 Å². The number of amides is 2. The summed E-state index contributed by atoms with van der Waals surface area (Å²) in [4.78, 5) is 27.9. The number of hydrogen-bond donors (Lipinski definition) is 1. The van der Waals surface area contributed by atoms with Gasteiger partial charge in [0.2, 0.25) is 11.8 Å². The molecule has 1 atom stereocenters. The van der Waals surface area contributed by atoms with Gasteiger partial charge in [-0.25, -0.2) is 0 Å². The predicted molar refractivity (Wildman–Crippen MR) is 133 cm³/mol. The zero-order chi connectivity index (χ0) is 22.8. The molecule has 4 nitrogen and oxygen atoms in total. The van der Waals surface area contributed by atoms with E-state index in [2.05, 4.69) is 5.32 Å². The van der Waals surface area contributed by atoms with Crippen LogP contribution in [-0.2, 0) is 28.3 Å². The van der Waals surface area contributed by atoms with E-state index in [0.29, 0.717) is 18.0 Å². The van der Waals surface area contributed by atoms with E-state index in [9.17, 15) is 9.59 Å². The van der Waals surface area contributed by atoms with Gasteiger partial charge in [0.25, 0.3) is 0 Å². The fourth-order valence-electron chi connectivity index (χ4n) is 3.47. The Kier molecular flexibility index (Phi) is 9.20. The van der Waals surface area contributed by atoms with Crippen LogP contribution in [0.3, 0.4) is 0 Å². The highest BCUT2D eigenvalue weighted by Crippen LogP contribution is 2.20. The van der Waals surface area contributed by atoms with E-state index in [1.54, 1.807) is 29.8 Å². The van der Waals surface area contributed by atoms with Gasteiger partial charge < -0.3 is 10.2 Å². The highest BCUT2D eigenvalue weighted by Gasteiger charge is 2.29. The number of halogens is 1. The van der Waals surface area contributed by atoms with Crippen molar-refractivity contribution in [3.63, 3.8) is 0 Å². The second-order valence-electron chi connectivity index (χ2n) is 7.45. The number of nitrogens with one attached hydrogen (secondary N) is 1. The Morgan fingerprint density at radius 2 is 1.53 bits per heavy atom. The largest absolute Gasteiger partial charge is 0.357 e. The van der Waals surface area contributed by atoms with E-state index in [1.165, 1.54) is 5.56 Å². The molecule has 0 heterocycles. The Labute approximate surface area is 199 Å². The summed E-state index contributed by atoms with van der Waals surface area (Å²) in [7, 11) is 1.60.